The number of aryl methyl sites for hydroxylation is 1. The molecule has 0 aliphatic rings. The summed E-state index contributed by atoms with van der Waals surface area (Å²) < 4.78 is 2.05. The van der Waals surface area contributed by atoms with Crippen LogP contribution in [-0.2, 0) is 0 Å². The van der Waals surface area contributed by atoms with E-state index in [0.29, 0.717) is 0 Å². The number of hydrogen-bond donors (Lipinski definition) is 0. The first-order valence-corrected chi connectivity index (χ1v) is 3.59. The first kappa shape index (κ1) is 4.99. The largest absolute Gasteiger partial charge is 0.255 e. The van der Waals surface area contributed by atoms with Crippen molar-refractivity contribution in [3.05, 3.63) is 23.3 Å². The van der Waals surface area contributed by atoms with Gasteiger partial charge in [-0.25, -0.2) is 4.98 Å². The second-order valence-corrected chi connectivity index (χ2v) is 2.85. The molecule has 2 nitrogen and oxygen atoms in total. The molecule has 9 heavy (non-hydrogen) atoms. The van der Waals surface area contributed by atoms with Crippen molar-refractivity contribution < 1.29 is 0 Å². The van der Waals surface area contributed by atoms with E-state index < -0.39 is 0 Å². The fourth-order valence-corrected chi connectivity index (χ4v) is 1.58. The van der Waals surface area contributed by atoms with E-state index in [9.17, 15) is 0 Å². The number of imidazole rings is 1. The topological polar surface area (TPSA) is 17.3 Å². The maximum Gasteiger partial charge on any atom is 0.147 e. The summed E-state index contributed by atoms with van der Waals surface area (Å²) >= 11 is 1.66. The fourth-order valence-electron chi connectivity index (χ4n) is 0.847. The summed E-state index contributed by atoms with van der Waals surface area (Å²) in [6, 6.07) is 2.01. The van der Waals surface area contributed by atoms with Crippen LogP contribution in [0.3, 0.4) is 0 Å². The first-order chi connectivity index (χ1) is 4.36. The van der Waals surface area contributed by atoms with Crippen molar-refractivity contribution in [3.63, 3.8) is 0 Å². The van der Waals surface area contributed by atoms with Gasteiger partial charge in [0.25, 0.3) is 0 Å². The molecule has 0 bridgehead atoms. The summed E-state index contributed by atoms with van der Waals surface area (Å²) in [5.41, 5.74) is 2.14. The molecule has 0 unspecified atom stereocenters. The molecule has 0 fully saturated rings. The fraction of sp³-hybridized carbons (Fsp3) is 0.167. The normalized spacial score (nSPS) is 10.8. The summed E-state index contributed by atoms with van der Waals surface area (Å²) in [5.74, 6) is 0. The van der Waals surface area contributed by atoms with E-state index >= 15 is 0 Å². The summed E-state index contributed by atoms with van der Waals surface area (Å²) in [4.78, 5) is 4.25. The van der Waals surface area contributed by atoms with Crippen molar-refractivity contribution >= 4 is 17.2 Å². The number of aromatic nitrogens is 2. The van der Waals surface area contributed by atoms with Gasteiger partial charge in [-0.05, 0) is 13.0 Å². The second kappa shape index (κ2) is 1.57. The Morgan fingerprint density at radius 3 is 3.33 bits per heavy atom. The standard InChI is InChI=1S/C6H6N2S/c1-5-4-8-6(7-5)2-3-9-8/h2-4H,1H3. The smallest absolute Gasteiger partial charge is 0.147 e. The Labute approximate surface area is 56.9 Å². The van der Waals surface area contributed by atoms with Gasteiger partial charge in [0, 0.05) is 11.6 Å². The van der Waals surface area contributed by atoms with Crippen molar-refractivity contribution in [1.82, 2.24) is 8.77 Å². The number of rotatable bonds is 0. The van der Waals surface area contributed by atoms with E-state index in [1.807, 2.05) is 24.6 Å². The van der Waals surface area contributed by atoms with Gasteiger partial charge in [-0.15, -0.1) is 0 Å². The molecule has 2 aromatic heterocycles. The van der Waals surface area contributed by atoms with Crippen LogP contribution in [0, 0.1) is 6.92 Å². The van der Waals surface area contributed by atoms with E-state index in [-0.39, 0.29) is 0 Å². The maximum atomic E-state index is 4.25. The molecule has 0 amide bonds. The van der Waals surface area contributed by atoms with Crippen LogP contribution in [0.15, 0.2) is 17.6 Å². The van der Waals surface area contributed by atoms with E-state index in [2.05, 4.69) is 8.77 Å². The Morgan fingerprint density at radius 2 is 2.56 bits per heavy atom. The quantitative estimate of drug-likeness (QED) is 0.541. The van der Waals surface area contributed by atoms with E-state index in [0.717, 1.165) is 11.3 Å². The van der Waals surface area contributed by atoms with Gasteiger partial charge in [0.1, 0.15) is 5.65 Å². The Bertz CT molecular complexity index is 292. The van der Waals surface area contributed by atoms with Crippen molar-refractivity contribution in [2.75, 3.05) is 0 Å². The molecule has 3 heteroatoms. The van der Waals surface area contributed by atoms with Crippen molar-refractivity contribution in [3.8, 4) is 0 Å². The van der Waals surface area contributed by atoms with Gasteiger partial charge in [0.05, 0.1) is 5.69 Å². The predicted octanol–water partition coefficient (Wildman–Crippen LogP) is 1.70. The molecular formula is C6H6N2S. The number of nitrogens with zero attached hydrogens (tertiary/aromatic N) is 2. The summed E-state index contributed by atoms with van der Waals surface area (Å²) in [7, 11) is 0. The minimum absolute atomic E-state index is 1.05. The van der Waals surface area contributed by atoms with Crippen molar-refractivity contribution in [2.24, 2.45) is 0 Å². The zero-order valence-corrected chi connectivity index (χ0v) is 5.85. The lowest BCUT2D eigenvalue weighted by atomic mass is 10.6. The minimum atomic E-state index is 1.05. The predicted molar refractivity (Wildman–Crippen MR) is 37.8 cm³/mol. The highest BCUT2D eigenvalue weighted by Crippen LogP contribution is 2.08. The van der Waals surface area contributed by atoms with Gasteiger partial charge in [-0.2, -0.15) is 0 Å². The minimum Gasteiger partial charge on any atom is -0.255 e. The van der Waals surface area contributed by atoms with Crippen LogP contribution >= 0.6 is 11.5 Å². The van der Waals surface area contributed by atoms with Gasteiger partial charge < -0.3 is 0 Å². The van der Waals surface area contributed by atoms with Crippen LogP contribution in [0.5, 0.6) is 0 Å². The number of fused-ring (bicyclic) bond motifs is 1. The summed E-state index contributed by atoms with van der Waals surface area (Å²) in [6.07, 6.45) is 2.03. The Hall–Kier alpha value is -0.830. The highest BCUT2D eigenvalue weighted by Gasteiger charge is 1.94. The van der Waals surface area contributed by atoms with Gasteiger partial charge >= 0.3 is 0 Å². The molecule has 0 spiro atoms. The molecule has 0 atom stereocenters. The SMILES string of the molecule is Cc1cn2sccc2n1. The second-order valence-electron chi connectivity index (χ2n) is 1.97. The summed E-state index contributed by atoms with van der Waals surface area (Å²) in [5, 5.41) is 2.03. The molecule has 0 N–H and O–H groups in total. The monoisotopic (exact) mass is 138 g/mol. The van der Waals surface area contributed by atoms with Crippen LogP contribution in [0.1, 0.15) is 5.69 Å². The van der Waals surface area contributed by atoms with Crippen LogP contribution in [0.25, 0.3) is 5.65 Å². The molecule has 0 aromatic carbocycles. The lowest BCUT2D eigenvalue weighted by Crippen LogP contribution is -1.64. The Morgan fingerprint density at radius 1 is 1.67 bits per heavy atom. The average molecular weight is 138 g/mol. The lowest BCUT2D eigenvalue weighted by molar-refractivity contribution is 1.30. The van der Waals surface area contributed by atoms with Gasteiger partial charge in [0.15, 0.2) is 0 Å². The van der Waals surface area contributed by atoms with Crippen molar-refractivity contribution in [2.45, 2.75) is 6.92 Å². The number of hydrogen-bond acceptors (Lipinski definition) is 2. The van der Waals surface area contributed by atoms with Crippen LogP contribution in [-0.4, -0.2) is 8.77 Å². The molecule has 0 saturated heterocycles. The first-order valence-electron chi connectivity index (χ1n) is 2.76. The highest BCUT2D eigenvalue weighted by molar-refractivity contribution is 7.04. The zero-order chi connectivity index (χ0) is 6.27. The van der Waals surface area contributed by atoms with Gasteiger partial charge in [-0.3, -0.25) is 3.79 Å². The Balaban J connectivity index is 2.92. The van der Waals surface area contributed by atoms with E-state index in [1.165, 1.54) is 0 Å². The lowest BCUT2D eigenvalue weighted by Gasteiger charge is -1.71. The molecule has 46 valence electrons. The molecule has 0 radical (unpaired) electrons. The molecule has 0 saturated carbocycles. The molecule has 2 heterocycles. The molecular weight excluding hydrogens is 132 g/mol. The van der Waals surface area contributed by atoms with Crippen LogP contribution < -0.4 is 0 Å². The van der Waals surface area contributed by atoms with Crippen LogP contribution in [0.2, 0.25) is 0 Å². The third-order valence-electron chi connectivity index (χ3n) is 1.21. The van der Waals surface area contributed by atoms with Crippen LogP contribution in [0.4, 0.5) is 0 Å². The van der Waals surface area contributed by atoms with Gasteiger partial charge in [0.2, 0.25) is 0 Å². The molecule has 0 aliphatic heterocycles. The third kappa shape index (κ3) is 0.650. The molecule has 0 aliphatic carbocycles. The van der Waals surface area contributed by atoms with Crippen molar-refractivity contribution in [1.29, 1.82) is 0 Å². The third-order valence-corrected chi connectivity index (χ3v) is 1.99. The average Bonchev–Trinajstić information content (AvgIpc) is 2.22. The van der Waals surface area contributed by atoms with E-state index in [1.54, 1.807) is 11.5 Å². The zero-order valence-electron chi connectivity index (χ0n) is 5.03. The van der Waals surface area contributed by atoms with E-state index in [4.69, 9.17) is 0 Å². The maximum absolute atomic E-state index is 4.25. The van der Waals surface area contributed by atoms with Gasteiger partial charge in [-0.1, -0.05) is 11.5 Å². The Kier molecular flexibility index (Phi) is 0.873. The molecule has 2 aromatic rings. The highest BCUT2D eigenvalue weighted by atomic mass is 32.1. The summed E-state index contributed by atoms with van der Waals surface area (Å²) in [6.45, 7) is 2.00. The molecule has 2 rings (SSSR count).